The first kappa shape index (κ1) is 11.6. The summed E-state index contributed by atoms with van der Waals surface area (Å²) in [6.45, 7) is 1.45. The molecule has 1 fully saturated rings. The zero-order valence-electron chi connectivity index (χ0n) is 10.6. The zero-order valence-corrected chi connectivity index (χ0v) is 10.6. The number of hydrogen-bond acceptors (Lipinski definition) is 3. The molecule has 3 heteroatoms. The molecule has 1 aromatic carbocycles. The van der Waals surface area contributed by atoms with Crippen LogP contribution in [0.3, 0.4) is 0 Å². The van der Waals surface area contributed by atoms with E-state index in [1.807, 2.05) is 18.2 Å². The molecule has 1 aliphatic carbocycles. The zero-order chi connectivity index (χ0) is 12.4. The second-order valence-electron chi connectivity index (χ2n) is 5.24. The van der Waals surface area contributed by atoms with Crippen LogP contribution in [-0.4, -0.2) is 18.9 Å². The molecular weight excluding hydrogens is 226 g/mol. The Hall–Kier alpha value is -1.51. The van der Waals surface area contributed by atoms with E-state index in [1.54, 1.807) is 0 Å². The van der Waals surface area contributed by atoms with Crippen molar-refractivity contribution in [3.8, 4) is 5.75 Å². The average Bonchev–Trinajstić information content (AvgIpc) is 2.91. The quantitative estimate of drug-likeness (QED) is 0.831. The van der Waals surface area contributed by atoms with Crippen LogP contribution in [0, 0.1) is 5.92 Å². The molecule has 0 aromatic heterocycles. The molecule has 1 saturated carbocycles. The molecule has 0 spiro atoms. The van der Waals surface area contributed by atoms with Crippen molar-refractivity contribution >= 4 is 11.5 Å². The van der Waals surface area contributed by atoms with Crippen LogP contribution < -0.4 is 10.1 Å². The lowest BCUT2D eigenvalue weighted by Gasteiger charge is -2.21. The monoisotopic (exact) mass is 245 g/mol. The molecule has 0 amide bonds. The van der Waals surface area contributed by atoms with E-state index in [9.17, 15) is 4.79 Å². The van der Waals surface area contributed by atoms with Crippen LogP contribution in [0.25, 0.3) is 0 Å². The number of hydrogen-bond donors (Lipinski definition) is 1. The lowest BCUT2D eigenvalue weighted by atomic mass is 9.96. The number of rotatable bonds is 3. The number of nitrogens with one attached hydrogen (secondary N) is 1. The van der Waals surface area contributed by atoms with Crippen molar-refractivity contribution in [2.24, 2.45) is 5.92 Å². The second-order valence-corrected chi connectivity index (χ2v) is 5.24. The minimum absolute atomic E-state index is 0.238. The van der Waals surface area contributed by atoms with E-state index >= 15 is 0 Å². The Kier molecular flexibility index (Phi) is 3.22. The number of Topliss-reactive ketones (excluding diaryl/α,β-unsaturated/α-hetero) is 1. The first-order valence-corrected chi connectivity index (χ1v) is 6.87. The Morgan fingerprint density at radius 2 is 2.17 bits per heavy atom. The minimum Gasteiger partial charge on any atom is -0.489 e. The van der Waals surface area contributed by atoms with Crippen molar-refractivity contribution in [2.75, 3.05) is 18.5 Å². The first-order chi connectivity index (χ1) is 8.84. The summed E-state index contributed by atoms with van der Waals surface area (Å²) in [7, 11) is 0. The van der Waals surface area contributed by atoms with Gasteiger partial charge in [0.2, 0.25) is 0 Å². The molecule has 96 valence electrons. The van der Waals surface area contributed by atoms with E-state index in [1.165, 1.54) is 25.7 Å². The summed E-state index contributed by atoms with van der Waals surface area (Å²) in [5.41, 5.74) is 1.71. The molecule has 1 heterocycles. The summed E-state index contributed by atoms with van der Waals surface area (Å²) in [4.78, 5) is 12.4. The summed E-state index contributed by atoms with van der Waals surface area (Å²) in [5.74, 6) is 1.58. The third-order valence-corrected chi connectivity index (χ3v) is 3.93. The Bertz CT molecular complexity index is 450. The van der Waals surface area contributed by atoms with E-state index in [-0.39, 0.29) is 5.78 Å². The van der Waals surface area contributed by atoms with Crippen molar-refractivity contribution in [3.63, 3.8) is 0 Å². The molecule has 1 aliphatic heterocycles. The van der Waals surface area contributed by atoms with E-state index in [2.05, 4.69) is 5.32 Å². The molecule has 0 saturated heterocycles. The maximum absolute atomic E-state index is 12.4. The Morgan fingerprint density at radius 3 is 3.00 bits per heavy atom. The Balaban J connectivity index is 1.80. The molecule has 1 aromatic rings. The van der Waals surface area contributed by atoms with Crippen molar-refractivity contribution in [1.29, 1.82) is 0 Å². The molecular formula is C15H19NO2. The van der Waals surface area contributed by atoms with Crippen molar-refractivity contribution in [1.82, 2.24) is 0 Å². The predicted molar refractivity (Wildman–Crippen MR) is 71.3 cm³/mol. The summed E-state index contributed by atoms with van der Waals surface area (Å²) < 4.78 is 5.66. The fraction of sp³-hybridized carbons (Fsp3) is 0.533. The highest BCUT2D eigenvalue weighted by Crippen LogP contribution is 2.34. The Labute approximate surface area is 108 Å². The Morgan fingerprint density at radius 1 is 1.33 bits per heavy atom. The van der Waals surface area contributed by atoms with Crippen LogP contribution in [0.4, 0.5) is 5.69 Å². The van der Waals surface area contributed by atoms with Crippen LogP contribution in [0.5, 0.6) is 5.75 Å². The first-order valence-electron chi connectivity index (χ1n) is 6.87. The van der Waals surface area contributed by atoms with Gasteiger partial charge in [0.1, 0.15) is 6.61 Å². The van der Waals surface area contributed by atoms with Gasteiger partial charge in [0, 0.05) is 13.0 Å². The third-order valence-electron chi connectivity index (χ3n) is 3.93. The molecule has 2 aliphatic rings. The largest absolute Gasteiger partial charge is 0.489 e. The number of ketones is 1. The molecule has 3 rings (SSSR count). The molecule has 0 bridgehead atoms. The lowest BCUT2D eigenvalue weighted by Crippen LogP contribution is -2.20. The third kappa shape index (κ3) is 2.22. The van der Waals surface area contributed by atoms with E-state index in [4.69, 9.17) is 4.74 Å². The van der Waals surface area contributed by atoms with Gasteiger partial charge in [0.25, 0.3) is 0 Å². The molecule has 1 N–H and O–H groups in total. The van der Waals surface area contributed by atoms with Crippen molar-refractivity contribution < 1.29 is 9.53 Å². The van der Waals surface area contributed by atoms with Crippen LogP contribution >= 0.6 is 0 Å². The fourth-order valence-corrected chi connectivity index (χ4v) is 2.98. The number of carbonyl (C=O) groups is 1. The number of fused-ring (bicyclic) bond motifs is 1. The van der Waals surface area contributed by atoms with E-state index < -0.39 is 0 Å². The molecule has 0 radical (unpaired) electrons. The van der Waals surface area contributed by atoms with Gasteiger partial charge in [-0.3, -0.25) is 4.79 Å². The fourth-order valence-electron chi connectivity index (χ4n) is 2.98. The molecule has 18 heavy (non-hydrogen) atoms. The standard InChI is InChI=1S/C15H19NO2/c17-14(10-11-4-1-2-5-11)12-6-3-7-13-15(12)18-9-8-16-13/h3,6-7,11,16H,1-2,4-5,8-10H2. The minimum atomic E-state index is 0.238. The van der Waals surface area contributed by atoms with Gasteiger partial charge in [-0.1, -0.05) is 31.7 Å². The van der Waals surface area contributed by atoms with Crippen LogP contribution in [-0.2, 0) is 0 Å². The van der Waals surface area contributed by atoms with Crippen LogP contribution in [0.15, 0.2) is 18.2 Å². The maximum atomic E-state index is 12.4. The summed E-state index contributed by atoms with van der Waals surface area (Å²) in [6, 6.07) is 5.80. The number of anilines is 1. The second kappa shape index (κ2) is 5.01. The molecule has 0 unspecified atom stereocenters. The maximum Gasteiger partial charge on any atom is 0.166 e. The number of carbonyl (C=O) groups excluding carboxylic acids is 1. The average molecular weight is 245 g/mol. The molecule has 0 atom stereocenters. The smallest absolute Gasteiger partial charge is 0.166 e. The van der Waals surface area contributed by atoms with Gasteiger partial charge < -0.3 is 10.1 Å². The van der Waals surface area contributed by atoms with Crippen molar-refractivity contribution in [2.45, 2.75) is 32.1 Å². The van der Waals surface area contributed by atoms with Gasteiger partial charge in [0.05, 0.1) is 11.3 Å². The van der Waals surface area contributed by atoms with Gasteiger partial charge >= 0.3 is 0 Å². The highest BCUT2D eigenvalue weighted by atomic mass is 16.5. The number of benzene rings is 1. The van der Waals surface area contributed by atoms with Gasteiger partial charge in [-0.25, -0.2) is 0 Å². The van der Waals surface area contributed by atoms with Crippen molar-refractivity contribution in [3.05, 3.63) is 23.8 Å². The summed E-state index contributed by atoms with van der Waals surface area (Å²) >= 11 is 0. The van der Waals surface area contributed by atoms with E-state index in [0.717, 1.165) is 23.5 Å². The SMILES string of the molecule is O=C(CC1CCCC1)c1cccc2c1OCCN2. The predicted octanol–water partition coefficient (Wildman–Crippen LogP) is 3.25. The lowest BCUT2D eigenvalue weighted by molar-refractivity contribution is 0.0958. The van der Waals surface area contributed by atoms with Crippen LogP contribution in [0.1, 0.15) is 42.5 Å². The van der Waals surface area contributed by atoms with Gasteiger partial charge in [-0.05, 0) is 18.1 Å². The van der Waals surface area contributed by atoms with Gasteiger partial charge in [0.15, 0.2) is 11.5 Å². The summed E-state index contributed by atoms with van der Waals surface area (Å²) in [5, 5.41) is 3.27. The highest BCUT2D eigenvalue weighted by Gasteiger charge is 2.23. The topological polar surface area (TPSA) is 38.3 Å². The number of ether oxygens (including phenoxy) is 1. The van der Waals surface area contributed by atoms with E-state index in [0.29, 0.717) is 18.9 Å². The summed E-state index contributed by atoms with van der Waals surface area (Å²) in [6.07, 6.45) is 5.66. The normalized spacial score (nSPS) is 18.9. The number of para-hydroxylation sites is 1. The highest BCUT2D eigenvalue weighted by molar-refractivity contribution is 6.00. The van der Waals surface area contributed by atoms with Gasteiger partial charge in [-0.15, -0.1) is 0 Å². The molecule has 3 nitrogen and oxygen atoms in total. The van der Waals surface area contributed by atoms with Gasteiger partial charge in [-0.2, -0.15) is 0 Å². The van der Waals surface area contributed by atoms with Crippen LogP contribution in [0.2, 0.25) is 0 Å².